The van der Waals surface area contributed by atoms with E-state index in [9.17, 15) is 4.39 Å². The monoisotopic (exact) mass is 256 g/mol. The van der Waals surface area contributed by atoms with Crippen LogP contribution < -0.4 is 5.73 Å². The molecule has 19 heavy (non-hydrogen) atoms. The summed E-state index contributed by atoms with van der Waals surface area (Å²) in [6.07, 6.45) is 4.32. The largest absolute Gasteiger partial charge is 0.330 e. The number of fused-ring (bicyclic) bond motifs is 1. The number of hydrogen-bond donors (Lipinski definition) is 1. The third-order valence-corrected chi connectivity index (χ3v) is 2.92. The van der Waals surface area contributed by atoms with E-state index in [-0.39, 0.29) is 5.82 Å². The molecule has 2 aromatic heterocycles. The molecule has 96 valence electrons. The molecule has 5 heteroatoms. The molecule has 3 rings (SSSR count). The zero-order valence-corrected chi connectivity index (χ0v) is 10.3. The molecular weight excluding hydrogens is 243 g/mol. The predicted octanol–water partition coefficient (Wildman–Crippen LogP) is 2.04. The van der Waals surface area contributed by atoms with Gasteiger partial charge in [0.25, 0.3) is 0 Å². The van der Waals surface area contributed by atoms with E-state index in [0.717, 1.165) is 23.3 Å². The normalized spacial score (nSPS) is 11.1. The minimum Gasteiger partial charge on any atom is -0.330 e. The molecule has 4 nitrogen and oxygen atoms in total. The Labute approximate surface area is 109 Å². The highest BCUT2D eigenvalue weighted by Crippen LogP contribution is 2.19. The van der Waals surface area contributed by atoms with Crippen molar-refractivity contribution in [1.82, 2.24) is 14.4 Å². The Balaban J connectivity index is 2.05. The number of benzene rings is 1. The molecule has 0 aliphatic carbocycles. The van der Waals surface area contributed by atoms with Crippen molar-refractivity contribution in [3.05, 3.63) is 54.4 Å². The fourth-order valence-corrected chi connectivity index (χ4v) is 2.02. The molecule has 0 unspecified atom stereocenters. The standard InChI is InChI=1S/C14H13FN4/c15-11-3-1-2-10(6-11)13-7-14-18-12(4-5-16)8-19(14)9-17-13/h1-3,6-9H,4-5,16H2. The molecule has 0 aliphatic rings. The lowest BCUT2D eigenvalue weighted by atomic mass is 10.1. The first-order chi connectivity index (χ1) is 9.26. The lowest BCUT2D eigenvalue weighted by Crippen LogP contribution is -2.02. The second-order valence-electron chi connectivity index (χ2n) is 4.32. The van der Waals surface area contributed by atoms with Crippen LogP contribution in [-0.2, 0) is 6.42 Å². The van der Waals surface area contributed by atoms with Crippen molar-refractivity contribution in [3.8, 4) is 11.3 Å². The summed E-state index contributed by atoms with van der Waals surface area (Å²) >= 11 is 0. The van der Waals surface area contributed by atoms with Crippen LogP contribution in [0.15, 0.2) is 42.9 Å². The molecule has 0 fully saturated rings. The number of aromatic nitrogens is 3. The average molecular weight is 256 g/mol. The fourth-order valence-electron chi connectivity index (χ4n) is 2.02. The Morgan fingerprint density at radius 2 is 2.16 bits per heavy atom. The van der Waals surface area contributed by atoms with Gasteiger partial charge in [0, 0.05) is 24.2 Å². The van der Waals surface area contributed by atoms with Gasteiger partial charge in [0.1, 0.15) is 17.8 Å². The van der Waals surface area contributed by atoms with Crippen molar-refractivity contribution in [2.24, 2.45) is 5.73 Å². The number of rotatable bonds is 3. The first-order valence-electron chi connectivity index (χ1n) is 6.06. The van der Waals surface area contributed by atoms with Crippen molar-refractivity contribution in [3.63, 3.8) is 0 Å². The molecule has 0 amide bonds. The highest BCUT2D eigenvalue weighted by molar-refractivity contribution is 5.63. The number of imidazole rings is 1. The second-order valence-corrected chi connectivity index (χ2v) is 4.32. The van der Waals surface area contributed by atoms with Gasteiger partial charge in [0.05, 0.1) is 11.4 Å². The van der Waals surface area contributed by atoms with Crippen LogP contribution >= 0.6 is 0 Å². The predicted molar refractivity (Wildman–Crippen MR) is 71.1 cm³/mol. The molecule has 2 N–H and O–H groups in total. The second kappa shape index (κ2) is 4.78. The smallest absolute Gasteiger partial charge is 0.140 e. The maximum Gasteiger partial charge on any atom is 0.140 e. The molecule has 2 heterocycles. The number of nitrogens with zero attached hydrogens (tertiary/aromatic N) is 3. The summed E-state index contributed by atoms with van der Waals surface area (Å²) < 4.78 is 15.0. The van der Waals surface area contributed by atoms with E-state index in [0.29, 0.717) is 12.2 Å². The molecule has 1 aromatic carbocycles. The Hall–Kier alpha value is -2.27. The van der Waals surface area contributed by atoms with Crippen LogP contribution in [0.3, 0.4) is 0 Å². The molecule has 0 bridgehead atoms. The minimum atomic E-state index is -0.272. The lowest BCUT2D eigenvalue weighted by Gasteiger charge is -2.01. The number of halogens is 1. The fraction of sp³-hybridized carbons (Fsp3) is 0.143. The van der Waals surface area contributed by atoms with Gasteiger partial charge in [0.15, 0.2) is 0 Å². The van der Waals surface area contributed by atoms with Crippen LogP contribution in [0.1, 0.15) is 5.69 Å². The van der Waals surface area contributed by atoms with Crippen molar-refractivity contribution >= 4 is 5.65 Å². The Morgan fingerprint density at radius 1 is 1.26 bits per heavy atom. The molecule has 0 spiro atoms. The quantitative estimate of drug-likeness (QED) is 0.780. The van der Waals surface area contributed by atoms with Gasteiger partial charge in [0.2, 0.25) is 0 Å². The summed E-state index contributed by atoms with van der Waals surface area (Å²) in [5.41, 5.74) is 8.68. The Bertz CT molecular complexity index is 720. The van der Waals surface area contributed by atoms with E-state index in [2.05, 4.69) is 9.97 Å². The van der Waals surface area contributed by atoms with Gasteiger partial charge in [-0.05, 0) is 18.7 Å². The van der Waals surface area contributed by atoms with E-state index in [1.54, 1.807) is 12.4 Å². The highest BCUT2D eigenvalue weighted by atomic mass is 19.1. The van der Waals surface area contributed by atoms with Crippen LogP contribution in [0.5, 0.6) is 0 Å². The van der Waals surface area contributed by atoms with Crippen molar-refractivity contribution in [1.29, 1.82) is 0 Å². The van der Waals surface area contributed by atoms with E-state index in [1.165, 1.54) is 12.1 Å². The molecular formula is C14H13FN4. The Kier molecular flexibility index (Phi) is 2.97. The summed E-state index contributed by atoms with van der Waals surface area (Å²) in [5, 5.41) is 0. The number of nitrogens with two attached hydrogens (primary N) is 1. The maximum atomic E-state index is 13.2. The zero-order valence-electron chi connectivity index (χ0n) is 10.3. The third kappa shape index (κ3) is 2.32. The highest BCUT2D eigenvalue weighted by Gasteiger charge is 2.05. The van der Waals surface area contributed by atoms with Crippen LogP contribution in [0.25, 0.3) is 16.9 Å². The zero-order chi connectivity index (χ0) is 13.2. The summed E-state index contributed by atoms with van der Waals surface area (Å²) in [6, 6.07) is 8.21. The van der Waals surface area contributed by atoms with Crippen LogP contribution in [0, 0.1) is 5.82 Å². The molecule has 0 saturated carbocycles. The van der Waals surface area contributed by atoms with Crippen molar-refractivity contribution < 1.29 is 4.39 Å². The van der Waals surface area contributed by atoms with Crippen molar-refractivity contribution in [2.75, 3.05) is 6.54 Å². The van der Waals surface area contributed by atoms with Gasteiger partial charge in [-0.15, -0.1) is 0 Å². The average Bonchev–Trinajstić information content (AvgIpc) is 2.80. The van der Waals surface area contributed by atoms with Crippen LogP contribution in [0.4, 0.5) is 4.39 Å². The van der Waals surface area contributed by atoms with Gasteiger partial charge in [-0.1, -0.05) is 12.1 Å². The summed E-state index contributed by atoms with van der Waals surface area (Å²) in [7, 11) is 0. The molecule has 0 radical (unpaired) electrons. The first-order valence-corrected chi connectivity index (χ1v) is 6.06. The lowest BCUT2D eigenvalue weighted by molar-refractivity contribution is 0.628. The van der Waals surface area contributed by atoms with Gasteiger partial charge >= 0.3 is 0 Å². The SMILES string of the molecule is NCCc1cn2cnc(-c3cccc(F)c3)cc2n1. The van der Waals surface area contributed by atoms with Crippen LogP contribution in [-0.4, -0.2) is 20.9 Å². The van der Waals surface area contributed by atoms with Crippen molar-refractivity contribution in [2.45, 2.75) is 6.42 Å². The topological polar surface area (TPSA) is 56.2 Å². The summed E-state index contributed by atoms with van der Waals surface area (Å²) in [4.78, 5) is 8.78. The Morgan fingerprint density at radius 3 is 2.95 bits per heavy atom. The molecule has 0 aliphatic heterocycles. The van der Waals surface area contributed by atoms with E-state index in [4.69, 9.17) is 5.73 Å². The minimum absolute atomic E-state index is 0.272. The van der Waals surface area contributed by atoms with E-state index >= 15 is 0 Å². The summed E-state index contributed by atoms with van der Waals surface area (Å²) in [6.45, 7) is 0.564. The first kappa shape index (κ1) is 11.8. The van der Waals surface area contributed by atoms with Gasteiger partial charge in [-0.25, -0.2) is 14.4 Å². The summed E-state index contributed by atoms with van der Waals surface area (Å²) in [5.74, 6) is -0.272. The third-order valence-electron chi connectivity index (χ3n) is 2.92. The van der Waals surface area contributed by atoms with Crippen LogP contribution in [0.2, 0.25) is 0 Å². The van der Waals surface area contributed by atoms with E-state index < -0.39 is 0 Å². The molecule has 3 aromatic rings. The molecule has 0 saturated heterocycles. The van der Waals surface area contributed by atoms with E-state index in [1.807, 2.05) is 22.7 Å². The maximum absolute atomic E-state index is 13.2. The molecule has 0 atom stereocenters. The number of hydrogen-bond acceptors (Lipinski definition) is 3. The van der Waals surface area contributed by atoms with Gasteiger partial charge in [-0.3, -0.25) is 4.40 Å². The van der Waals surface area contributed by atoms with Gasteiger partial charge in [-0.2, -0.15) is 0 Å². The van der Waals surface area contributed by atoms with Gasteiger partial charge < -0.3 is 5.73 Å².